The van der Waals surface area contributed by atoms with Gasteiger partial charge in [-0.25, -0.2) is 9.67 Å². The minimum Gasteiger partial charge on any atom is -0.465 e. The van der Waals surface area contributed by atoms with Crippen molar-refractivity contribution in [2.45, 2.75) is 19.1 Å². The van der Waals surface area contributed by atoms with E-state index in [1.54, 1.807) is 11.1 Å². The number of hydrogen-bond acceptors (Lipinski definition) is 7. The Balaban J connectivity index is 1.52. The van der Waals surface area contributed by atoms with Crippen molar-refractivity contribution < 1.29 is 9.53 Å². The van der Waals surface area contributed by atoms with E-state index in [-0.39, 0.29) is 18.6 Å². The van der Waals surface area contributed by atoms with Crippen molar-refractivity contribution in [1.82, 2.24) is 30.1 Å². The number of amides is 1. The molecule has 0 aromatic carbocycles. The SMILES string of the molecule is O=C(Cn1cnnn1)N1CCC(Oc2nccs2)C1. The molecule has 0 saturated carbocycles. The van der Waals surface area contributed by atoms with Crippen LogP contribution in [0.5, 0.6) is 5.19 Å². The molecule has 1 saturated heterocycles. The molecule has 2 aromatic heterocycles. The molecule has 1 amide bonds. The van der Waals surface area contributed by atoms with Crippen LogP contribution in [0.15, 0.2) is 17.9 Å². The quantitative estimate of drug-likeness (QED) is 0.771. The molecule has 1 fully saturated rings. The Hall–Kier alpha value is -2.03. The Morgan fingerprint density at radius 2 is 2.53 bits per heavy atom. The molecule has 3 rings (SSSR count). The van der Waals surface area contributed by atoms with Crippen LogP contribution in [0.4, 0.5) is 0 Å². The fourth-order valence-corrected chi connectivity index (χ4v) is 2.50. The zero-order valence-corrected chi connectivity index (χ0v) is 10.9. The number of carbonyl (C=O) groups is 1. The number of likely N-dealkylation sites (tertiary alicyclic amines) is 1. The van der Waals surface area contributed by atoms with Crippen molar-refractivity contribution in [2.24, 2.45) is 0 Å². The van der Waals surface area contributed by atoms with Crippen LogP contribution in [0.25, 0.3) is 0 Å². The molecule has 1 atom stereocenters. The molecular formula is C10H12N6O2S. The highest BCUT2D eigenvalue weighted by Gasteiger charge is 2.28. The lowest BCUT2D eigenvalue weighted by molar-refractivity contribution is -0.131. The van der Waals surface area contributed by atoms with Crippen LogP contribution in [0.1, 0.15) is 6.42 Å². The van der Waals surface area contributed by atoms with E-state index in [4.69, 9.17) is 4.74 Å². The highest BCUT2D eigenvalue weighted by Crippen LogP contribution is 2.20. The van der Waals surface area contributed by atoms with Gasteiger partial charge in [0.25, 0.3) is 5.19 Å². The van der Waals surface area contributed by atoms with E-state index in [1.165, 1.54) is 22.3 Å². The first kappa shape index (κ1) is 12.0. The van der Waals surface area contributed by atoms with Crippen molar-refractivity contribution in [3.63, 3.8) is 0 Å². The first-order chi connectivity index (χ1) is 9.31. The lowest BCUT2D eigenvalue weighted by Gasteiger charge is -2.16. The van der Waals surface area contributed by atoms with Gasteiger partial charge in [0, 0.05) is 24.5 Å². The van der Waals surface area contributed by atoms with E-state index in [0.29, 0.717) is 18.3 Å². The van der Waals surface area contributed by atoms with Gasteiger partial charge in [-0.2, -0.15) is 0 Å². The molecule has 100 valence electrons. The second-order valence-corrected chi connectivity index (χ2v) is 5.03. The van der Waals surface area contributed by atoms with Crippen molar-refractivity contribution >= 4 is 17.2 Å². The molecule has 1 aliphatic rings. The molecule has 1 unspecified atom stereocenters. The first-order valence-corrected chi connectivity index (χ1v) is 6.74. The molecule has 0 N–H and O–H groups in total. The maximum atomic E-state index is 12.0. The Bertz CT molecular complexity index is 528. The van der Waals surface area contributed by atoms with E-state index < -0.39 is 0 Å². The van der Waals surface area contributed by atoms with Gasteiger partial charge in [0.15, 0.2) is 0 Å². The summed E-state index contributed by atoms with van der Waals surface area (Å²) in [7, 11) is 0. The molecule has 0 spiro atoms. The minimum absolute atomic E-state index is 0.00228. The predicted octanol–water partition coefficient (Wildman–Crippen LogP) is -0.191. The van der Waals surface area contributed by atoms with E-state index in [9.17, 15) is 4.79 Å². The number of hydrogen-bond donors (Lipinski definition) is 0. The summed E-state index contributed by atoms with van der Waals surface area (Å²) < 4.78 is 7.11. The van der Waals surface area contributed by atoms with Gasteiger partial charge in [-0.15, -0.1) is 5.10 Å². The number of thiazole rings is 1. The lowest BCUT2D eigenvalue weighted by atomic mass is 10.3. The summed E-state index contributed by atoms with van der Waals surface area (Å²) in [5.74, 6) is -0.00228. The molecule has 0 radical (unpaired) electrons. The maximum Gasteiger partial charge on any atom is 0.273 e. The van der Waals surface area contributed by atoms with Crippen LogP contribution in [-0.2, 0) is 11.3 Å². The van der Waals surface area contributed by atoms with Crippen LogP contribution < -0.4 is 4.74 Å². The lowest BCUT2D eigenvalue weighted by Crippen LogP contribution is -2.33. The van der Waals surface area contributed by atoms with Gasteiger partial charge < -0.3 is 9.64 Å². The molecule has 8 nitrogen and oxygen atoms in total. The van der Waals surface area contributed by atoms with Gasteiger partial charge in [0.2, 0.25) is 5.91 Å². The Kier molecular flexibility index (Phi) is 3.36. The number of carbonyl (C=O) groups excluding carboxylic acids is 1. The molecule has 0 bridgehead atoms. The number of aromatic nitrogens is 5. The van der Waals surface area contributed by atoms with E-state index in [0.717, 1.165) is 6.42 Å². The fraction of sp³-hybridized carbons (Fsp3) is 0.500. The average molecular weight is 280 g/mol. The van der Waals surface area contributed by atoms with E-state index in [2.05, 4.69) is 20.5 Å². The topological polar surface area (TPSA) is 86.0 Å². The number of ether oxygens (including phenoxy) is 1. The Morgan fingerprint density at radius 3 is 3.26 bits per heavy atom. The first-order valence-electron chi connectivity index (χ1n) is 5.86. The summed E-state index contributed by atoms with van der Waals surface area (Å²) in [6, 6.07) is 0. The van der Waals surface area contributed by atoms with Crippen molar-refractivity contribution in [1.29, 1.82) is 0 Å². The standard InChI is InChI=1S/C10H12N6O2S/c17-9(6-16-7-12-13-14-16)15-3-1-8(5-15)18-10-11-2-4-19-10/h2,4,7-8H,1,3,5-6H2. The van der Waals surface area contributed by atoms with Crippen LogP contribution in [0.3, 0.4) is 0 Å². The molecule has 1 aliphatic heterocycles. The number of rotatable bonds is 4. The van der Waals surface area contributed by atoms with Crippen LogP contribution in [0, 0.1) is 0 Å². The smallest absolute Gasteiger partial charge is 0.273 e. The van der Waals surface area contributed by atoms with Crippen molar-refractivity contribution in [2.75, 3.05) is 13.1 Å². The van der Waals surface area contributed by atoms with Crippen molar-refractivity contribution in [3.05, 3.63) is 17.9 Å². The third kappa shape index (κ3) is 2.87. The average Bonchev–Trinajstić information content (AvgIpc) is 3.10. The van der Waals surface area contributed by atoms with E-state index in [1.807, 2.05) is 5.38 Å². The minimum atomic E-state index is -0.00228. The Labute approximate surface area is 113 Å². The van der Waals surface area contributed by atoms with Crippen LogP contribution in [-0.4, -0.2) is 55.2 Å². The normalized spacial score (nSPS) is 18.7. The largest absolute Gasteiger partial charge is 0.465 e. The van der Waals surface area contributed by atoms with Crippen molar-refractivity contribution in [3.8, 4) is 5.19 Å². The summed E-state index contributed by atoms with van der Waals surface area (Å²) in [6.07, 6.45) is 3.97. The fourth-order valence-electron chi connectivity index (χ4n) is 1.95. The third-order valence-electron chi connectivity index (χ3n) is 2.86. The van der Waals surface area contributed by atoms with Gasteiger partial charge in [-0.1, -0.05) is 11.3 Å². The molecule has 0 aliphatic carbocycles. The second kappa shape index (κ2) is 5.31. The highest BCUT2D eigenvalue weighted by molar-refractivity contribution is 7.11. The maximum absolute atomic E-state index is 12.0. The van der Waals surface area contributed by atoms with Gasteiger partial charge in [-0.3, -0.25) is 4.79 Å². The number of tetrazole rings is 1. The van der Waals surface area contributed by atoms with Gasteiger partial charge >= 0.3 is 0 Å². The third-order valence-corrected chi connectivity index (χ3v) is 3.52. The summed E-state index contributed by atoms with van der Waals surface area (Å²) in [4.78, 5) is 17.8. The zero-order chi connectivity index (χ0) is 13.1. The van der Waals surface area contributed by atoms with E-state index >= 15 is 0 Å². The van der Waals surface area contributed by atoms with Gasteiger partial charge in [-0.05, 0) is 10.4 Å². The molecule has 19 heavy (non-hydrogen) atoms. The van der Waals surface area contributed by atoms with Gasteiger partial charge in [0.1, 0.15) is 19.0 Å². The summed E-state index contributed by atoms with van der Waals surface area (Å²) >= 11 is 1.46. The summed E-state index contributed by atoms with van der Waals surface area (Å²) in [5.41, 5.74) is 0. The van der Waals surface area contributed by atoms with Gasteiger partial charge in [0.05, 0.1) is 6.54 Å². The Morgan fingerprint density at radius 1 is 1.58 bits per heavy atom. The molecule has 9 heteroatoms. The van der Waals surface area contributed by atoms with Crippen LogP contribution in [0.2, 0.25) is 0 Å². The zero-order valence-electron chi connectivity index (χ0n) is 10.0. The summed E-state index contributed by atoms with van der Waals surface area (Å²) in [5, 5.41) is 13.2. The number of nitrogens with zero attached hydrogens (tertiary/aromatic N) is 6. The molecule has 3 heterocycles. The van der Waals surface area contributed by atoms with Crippen LogP contribution >= 0.6 is 11.3 Å². The monoisotopic (exact) mass is 280 g/mol. The molecular weight excluding hydrogens is 268 g/mol. The second-order valence-electron chi connectivity index (χ2n) is 4.17. The molecule has 2 aromatic rings. The highest BCUT2D eigenvalue weighted by atomic mass is 32.1. The predicted molar refractivity (Wildman–Crippen MR) is 65.5 cm³/mol. The summed E-state index contributed by atoms with van der Waals surface area (Å²) in [6.45, 7) is 1.44.